The predicted molar refractivity (Wildman–Crippen MR) is 97.2 cm³/mol. The van der Waals surface area contributed by atoms with Crippen molar-refractivity contribution in [1.82, 2.24) is 15.0 Å². The smallest absolute Gasteiger partial charge is 0.179 e. The molecule has 2 aromatic heterocycles. The molecule has 0 bridgehead atoms. The van der Waals surface area contributed by atoms with E-state index in [2.05, 4.69) is 20.3 Å². The van der Waals surface area contributed by atoms with Crippen LogP contribution in [0.3, 0.4) is 0 Å². The van der Waals surface area contributed by atoms with E-state index >= 15 is 0 Å². The maximum atomic E-state index is 14.9. The van der Waals surface area contributed by atoms with Crippen LogP contribution in [-0.2, 0) is 0 Å². The molecule has 6 nitrogen and oxygen atoms in total. The summed E-state index contributed by atoms with van der Waals surface area (Å²) in [6, 6.07) is 3.31. The Balaban J connectivity index is 1.98. The fraction of sp³-hybridized carbons (Fsp3) is 0.316. The highest BCUT2D eigenvalue weighted by atomic mass is 19.1. The summed E-state index contributed by atoms with van der Waals surface area (Å²) in [6.45, 7) is 1.86. The molecular formula is C19H18F2N4O2. The SMILES string of the molecule is COc1cc(OC)c(F)c(-c2nc(NC3CC3)c3cc(C)ncc3n2)c1F. The summed E-state index contributed by atoms with van der Waals surface area (Å²) in [5.74, 6) is -1.62. The molecular weight excluding hydrogens is 354 g/mol. The number of halogens is 2. The van der Waals surface area contributed by atoms with Gasteiger partial charge in [0.2, 0.25) is 0 Å². The Morgan fingerprint density at radius 1 is 1.04 bits per heavy atom. The second-order valence-corrected chi connectivity index (χ2v) is 6.44. The third kappa shape index (κ3) is 3.11. The van der Waals surface area contributed by atoms with Crippen LogP contribution >= 0.6 is 0 Å². The number of rotatable bonds is 5. The molecule has 0 saturated heterocycles. The molecule has 140 valence electrons. The van der Waals surface area contributed by atoms with Gasteiger partial charge in [0.05, 0.1) is 31.5 Å². The van der Waals surface area contributed by atoms with Gasteiger partial charge in [-0.1, -0.05) is 0 Å². The fourth-order valence-electron chi connectivity index (χ4n) is 2.86. The number of benzene rings is 1. The average molecular weight is 372 g/mol. The Morgan fingerprint density at radius 3 is 2.30 bits per heavy atom. The molecule has 27 heavy (non-hydrogen) atoms. The maximum Gasteiger partial charge on any atom is 0.179 e. The van der Waals surface area contributed by atoms with Gasteiger partial charge in [0.15, 0.2) is 29.0 Å². The van der Waals surface area contributed by atoms with Gasteiger partial charge in [0.1, 0.15) is 5.82 Å². The van der Waals surface area contributed by atoms with Gasteiger partial charge in [-0.15, -0.1) is 0 Å². The van der Waals surface area contributed by atoms with Gasteiger partial charge >= 0.3 is 0 Å². The molecule has 3 aromatic rings. The van der Waals surface area contributed by atoms with Crippen LogP contribution in [0.15, 0.2) is 18.3 Å². The molecule has 1 aromatic carbocycles. The monoisotopic (exact) mass is 372 g/mol. The molecule has 1 aliphatic carbocycles. The highest BCUT2D eigenvalue weighted by molar-refractivity contribution is 5.90. The number of aryl methyl sites for hydroxylation is 1. The van der Waals surface area contributed by atoms with Gasteiger partial charge in [-0.25, -0.2) is 18.7 Å². The third-order valence-corrected chi connectivity index (χ3v) is 4.43. The zero-order valence-electron chi connectivity index (χ0n) is 15.1. The van der Waals surface area contributed by atoms with Crippen molar-refractivity contribution in [1.29, 1.82) is 0 Å². The minimum atomic E-state index is -0.882. The Labute approximate surface area is 154 Å². The molecule has 0 spiro atoms. The van der Waals surface area contributed by atoms with Crippen molar-refractivity contribution < 1.29 is 18.3 Å². The quantitative estimate of drug-likeness (QED) is 0.733. The molecule has 1 fully saturated rings. The number of hydrogen-bond donors (Lipinski definition) is 1. The largest absolute Gasteiger partial charge is 0.494 e. The van der Waals surface area contributed by atoms with Crippen LogP contribution in [0.1, 0.15) is 18.5 Å². The zero-order chi connectivity index (χ0) is 19.1. The van der Waals surface area contributed by atoms with Gasteiger partial charge in [0.25, 0.3) is 0 Å². The van der Waals surface area contributed by atoms with Crippen LogP contribution in [0.4, 0.5) is 14.6 Å². The van der Waals surface area contributed by atoms with Crippen molar-refractivity contribution in [2.24, 2.45) is 0 Å². The summed E-state index contributed by atoms with van der Waals surface area (Å²) in [6.07, 6.45) is 3.63. The summed E-state index contributed by atoms with van der Waals surface area (Å²) in [5.41, 5.74) is 0.903. The Hall–Kier alpha value is -3.03. The first-order valence-electron chi connectivity index (χ1n) is 8.53. The molecule has 0 aliphatic heterocycles. The number of methoxy groups -OCH3 is 2. The highest BCUT2D eigenvalue weighted by Crippen LogP contribution is 2.38. The van der Waals surface area contributed by atoms with Gasteiger partial charge < -0.3 is 14.8 Å². The number of anilines is 1. The summed E-state index contributed by atoms with van der Waals surface area (Å²) in [4.78, 5) is 13.0. The van der Waals surface area contributed by atoms with E-state index in [1.54, 1.807) is 6.20 Å². The van der Waals surface area contributed by atoms with E-state index in [1.165, 1.54) is 14.2 Å². The Kier molecular flexibility index (Phi) is 4.25. The molecule has 0 radical (unpaired) electrons. The van der Waals surface area contributed by atoms with Crippen molar-refractivity contribution in [3.05, 3.63) is 35.7 Å². The number of nitrogens with zero attached hydrogens (tertiary/aromatic N) is 3. The van der Waals surface area contributed by atoms with E-state index in [1.807, 2.05) is 13.0 Å². The predicted octanol–water partition coefficient (Wildman–Crippen LogP) is 3.87. The standard InChI is InChI=1S/C19H18F2N4O2/c1-9-6-11-12(8-22-9)24-19(25-18(11)23-10-4-5-10)15-16(20)13(26-2)7-14(27-3)17(15)21/h6-8,10H,4-5H2,1-3H3,(H,23,24,25). The van der Waals surface area contributed by atoms with Crippen molar-refractivity contribution >= 4 is 16.7 Å². The molecule has 2 heterocycles. The summed E-state index contributed by atoms with van der Waals surface area (Å²) < 4.78 is 39.8. The Bertz CT molecular complexity index is 1010. The van der Waals surface area contributed by atoms with Crippen molar-refractivity contribution in [2.75, 3.05) is 19.5 Å². The lowest BCUT2D eigenvalue weighted by atomic mass is 10.1. The second-order valence-electron chi connectivity index (χ2n) is 6.44. The van der Waals surface area contributed by atoms with Crippen molar-refractivity contribution in [2.45, 2.75) is 25.8 Å². The van der Waals surface area contributed by atoms with Crippen LogP contribution in [0.5, 0.6) is 11.5 Å². The van der Waals surface area contributed by atoms with Crippen LogP contribution in [0, 0.1) is 18.6 Å². The maximum absolute atomic E-state index is 14.9. The number of nitrogens with one attached hydrogen (secondary N) is 1. The average Bonchev–Trinajstić information content (AvgIpc) is 3.47. The first-order chi connectivity index (χ1) is 13.0. The van der Waals surface area contributed by atoms with E-state index in [0.717, 1.165) is 30.0 Å². The van der Waals surface area contributed by atoms with E-state index < -0.39 is 17.2 Å². The molecule has 0 atom stereocenters. The van der Waals surface area contributed by atoms with E-state index in [4.69, 9.17) is 9.47 Å². The number of hydrogen-bond acceptors (Lipinski definition) is 6. The molecule has 1 N–H and O–H groups in total. The number of ether oxygens (including phenoxy) is 2. The normalized spacial score (nSPS) is 13.7. The first-order valence-corrected chi connectivity index (χ1v) is 8.53. The van der Waals surface area contributed by atoms with Crippen molar-refractivity contribution in [3.8, 4) is 22.9 Å². The van der Waals surface area contributed by atoms with Gasteiger partial charge in [-0.2, -0.15) is 0 Å². The lowest BCUT2D eigenvalue weighted by molar-refractivity contribution is 0.359. The molecule has 0 unspecified atom stereocenters. The number of aromatic nitrogens is 3. The van der Waals surface area contributed by atoms with Gasteiger partial charge in [-0.3, -0.25) is 4.98 Å². The van der Waals surface area contributed by atoms with Crippen molar-refractivity contribution in [3.63, 3.8) is 0 Å². The second kappa shape index (κ2) is 6.61. The molecule has 1 saturated carbocycles. The molecule has 8 heteroatoms. The number of fused-ring (bicyclic) bond motifs is 1. The highest BCUT2D eigenvalue weighted by Gasteiger charge is 2.27. The van der Waals surface area contributed by atoms with Crippen LogP contribution in [0.25, 0.3) is 22.3 Å². The molecule has 0 amide bonds. The number of pyridine rings is 1. The minimum absolute atomic E-state index is 0.0940. The fourth-order valence-corrected chi connectivity index (χ4v) is 2.86. The van der Waals surface area contributed by atoms with Crippen LogP contribution < -0.4 is 14.8 Å². The third-order valence-electron chi connectivity index (χ3n) is 4.43. The summed E-state index contributed by atoms with van der Waals surface area (Å²) in [5, 5.41) is 4.06. The topological polar surface area (TPSA) is 69.2 Å². The Morgan fingerprint density at radius 2 is 1.70 bits per heavy atom. The van der Waals surface area contributed by atoms with Crippen LogP contribution in [-0.4, -0.2) is 35.2 Å². The van der Waals surface area contributed by atoms with Gasteiger partial charge in [0, 0.05) is 23.2 Å². The first kappa shape index (κ1) is 17.4. The summed E-state index contributed by atoms with van der Waals surface area (Å²) in [7, 11) is 2.60. The van der Waals surface area contributed by atoms with Crippen LogP contribution in [0.2, 0.25) is 0 Å². The molecule has 4 rings (SSSR count). The lowest BCUT2D eigenvalue weighted by Crippen LogP contribution is -2.08. The zero-order valence-corrected chi connectivity index (χ0v) is 15.1. The van der Waals surface area contributed by atoms with E-state index in [0.29, 0.717) is 17.4 Å². The summed E-state index contributed by atoms with van der Waals surface area (Å²) >= 11 is 0. The van der Waals surface area contributed by atoms with E-state index in [9.17, 15) is 8.78 Å². The minimum Gasteiger partial charge on any atom is -0.494 e. The van der Waals surface area contributed by atoms with E-state index in [-0.39, 0.29) is 17.3 Å². The van der Waals surface area contributed by atoms with Gasteiger partial charge in [-0.05, 0) is 25.8 Å². The lowest BCUT2D eigenvalue weighted by Gasteiger charge is -2.14. The molecule has 1 aliphatic rings.